The number of amides is 2. The second-order valence-electron chi connectivity index (χ2n) is 7.18. The van der Waals surface area contributed by atoms with Crippen LogP contribution in [0.25, 0.3) is 0 Å². The zero-order chi connectivity index (χ0) is 24.4. The Kier molecular flexibility index (Phi) is 7.13. The molecule has 0 aromatic heterocycles. The van der Waals surface area contributed by atoms with Crippen molar-refractivity contribution in [2.75, 3.05) is 25.1 Å². The largest absolute Gasteiger partial charge is 0.384 e. The number of rotatable bonds is 5. The third kappa shape index (κ3) is 7.43. The first kappa shape index (κ1) is 26.6. The number of sulfonamides is 1. The molecule has 2 heterocycles. The van der Waals surface area contributed by atoms with E-state index in [-0.39, 0.29) is 43.2 Å². The van der Waals surface area contributed by atoms with Gasteiger partial charge in [-0.3, -0.25) is 9.59 Å². The molecule has 8 nitrogen and oxygen atoms in total. The Hall–Kier alpha value is -1.68. The molecular weight excluding hydrogens is 509 g/mol. The summed E-state index contributed by atoms with van der Waals surface area (Å²) in [6.07, 6.45) is 1.71. The molecule has 0 saturated carbocycles. The molecule has 16 heteroatoms. The Labute approximate surface area is 186 Å². The van der Waals surface area contributed by atoms with Crippen molar-refractivity contribution < 1.29 is 42.2 Å². The Balaban J connectivity index is 0.000000380. The van der Waals surface area contributed by atoms with Gasteiger partial charge in [0, 0.05) is 44.4 Å². The van der Waals surface area contributed by atoms with Crippen LogP contribution in [0.2, 0.25) is 0 Å². The van der Waals surface area contributed by atoms with Crippen LogP contribution in [0.1, 0.15) is 25.7 Å². The number of imide groups is 1. The van der Waals surface area contributed by atoms with Gasteiger partial charge < -0.3 is 10.1 Å². The SMILES string of the molecule is NS(=O)(=O)c1ccc(NCC2CCOCC2)c(S(F)(F)(F)(F)F)c1.O=C1CCC(=O)N1Cl. The first-order chi connectivity index (χ1) is 14.4. The molecule has 3 N–H and O–H groups in total. The van der Waals surface area contributed by atoms with Gasteiger partial charge in [0.1, 0.15) is 4.90 Å². The molecule has 0 atom stereocenters. The third-order valence-corrected chi connectivity index (χ3v) is 7.07. The van der Waals surface area contributed by atoms with Gasteiger partial charge >= 0.3 is 10.2 Å². The fourth-order valence-electron chi connectivity index (χ4n) is 2.90. The average Bonchev–Trinajstić information content (AvgIpc) is 2.96. The van der Waals surface area contributed by atoms with Crippen LogP contribution in [0.15, 0.2) is 28.0 Å². The first-order valence-electron chi connectivity index (χ1n) is 9.12. The number of halogens is 6. The number of nitrogens with zero attached hydrogens (tertiary/aromatic N) is 1. The van der Waals surface area contributed by atoms with Gasteiger partial charge in [0.05, 0.1) is 10.6 Å². The van der Waals surface area contributed by atoms with E-state index in [1.807, 2.05) is 0 Å². The van der Waals surface area contributed by atoms with Crippen molar-refractivity contribution in [1.29, 1.82) is 0 Å². The molecule has 2 amide bonds. The summed E-state index contributed by atoms with van der Waals surface area (Å²) in [5.74, 6) is -0.614. The van der Waals surface area contributed by atoms with E-state index in [1.54, 1.807) is 0 Å². The number of carbonyl (C=O) groups is 2. The molecule has 0 bridgehead atoms. The maximum absolute atomic E-state index is 13.2. The van der Waals surface area contributed by atoms with Gasteiger partial charge in [-0.05, 0) is 37.0 Å². The number of hydrogen-bond acceptors (Lipinski definition) is 6. The standard InChI is InChI=1S/C12H17F5N2O3S2.C4H4ClNO2/c13-24(14,15,16,17)12-7-10(23(18,20)21)1-2-11(12)19-8-9-3-5-22-6-4-9;5-6-3(7)1-2-4(6)8/h1-2,7,9,19H,3-6,8H2,(H2,18,20,21);1-2H2. The highest BCUT2D eigenvalue weighted by molar-refractivity contribution is 8.45. The van der Waals surface area contributed by atoms with Gasteiger partial charge in [0.15, 0.2) is 0 Å². The highest BCUT2D eigenvalue weighted by Crippen LogP contribution is 3.02. The molecular formula is C16H21ClF5N3O5S2. The number of primary sulfonamides is 1. The zero-order valence-electron chi connectivity index (χ0n) is 16.4. The molecule has 184 valence electrons. The van der Waals surface area contributed by atoms with Gasteiger partial charge in [-0.1, -0.05) is 19.4 Å². The molecule has 2 aliphatic heterocycles. The molecule has 3 rings (SSSR count). The Morgan fingerprint density at radius 2 is 1.62 bits per heavy atom. The van der Waals surface area contributed by atoms with Crippen molar-refractivity contribution in [1.82, 2.24) is 4.42 Å². The molecule has 0 spiro atoms. The van der Waals surface area contributed by atoms with E-state index in [2.05, 4.69) is 5.32 Å². The maximum atomic E-state index is 13.2. The van der Waals surface area contributed by atoms with E-state index < -0.39 is 35.7 Å². The van der Waals surface area contributed by atoms with Crippen LogP contribution in [-0.2, 0) is 24.3 Å². The zero-order valence-corrected chi connectivity index (χ0v) is 18.8. The Morgan fingerprint density at radius 1 is 1.09 bits per heavy atom. The Bertz CT molecular complexity index is 986. The highest BCUT2D eigenvalue weighted by Gasteiger charge is 2.67. The molecule has 32 heavy (non-hydrogen) atoms. The molecule has 0 radical (unpaired) electrons. The Morgan fingerprint density at radius 3 is 2.03 bits per heavy atom. The summed E-state index contributed by atoms with van der Waals surface area (Å²) < 4.78 is 94.3. The molecule has 1 aromatic rings. The lowest BCUT2D eigenvalue weighted by Crippen LogP contribution is -2.23. The summed E-state index contributed by atoms with van der Waals surface area (Å²) in [4.78, 5) is 17.4. The molecule has 2 aliphatic rings. The van der Waals surface area contributed by atoms with Crippen LogP contribution >= 0.6 is 22.0 Å². The van der Waals surface area contributed by atoms with Crippen LogP contribution in [-0.4, -0.2) is 44.4 Å². The number of ether oxygens (including phenoxy) is 1. The highest BCUT2D eigenvalue weighted by atomic mass is 35.5. The number of anilines is 1. The predicted molar refractivity (Wildman–Crippen MR) is 108 cm³/mol. The second kappa shape index (κ2) is 8.59. The minimum absolute atomic E-state index is 0.0250. The summed E-state index contributed by atoms with van der Waals surface area (Å²) in [5, 5.41) is 7.09. The smallest absolute Gasteiger partial charge is 0.312 e. The monoisotopic (exact) mass is 529 g/mol. The molecule has 1 aromatic carbocycles. The van der Waals surface area contributed by atoms with Crippen LogP contribution in [0.3, 0.4) is 0 Å². The summed E-state index contributed by atoms with van der Waals surface area (Å²) in [6.45, 7) is 0.940. The molecule has 0 unspecified atom stereocenters. The topological polar surface area (TPSA) is 119 Å². The lowest BCUT2D eigenvalue weighted by atomic mass is 10.0. The van der Waals surface area contributed by atoms with Crippen LogP contribution in [0.5, 0.6) is 0 Å². The fourth-order valence-corrected chi connectivity index (χ4v) is 4.59. The number of carbonyl (C=O) groups excluding carboxylic acids is 2. The first-order valence-corrected chi connectivity index (χ1v) is 13.0. The second-order valence-corrected chi connectivity index (χ2v) is 11.5. The van der Waals surface area contributed by atoms with Crippen molar-refractivity contribution in [2.24, 2.45) is 11.1 Å². The van der Waals surface area contributed by atoms with E-state index in [0.717, 1.165) is 6.07 Å². The summed E-state index contributed by atoms with van der Waals surface area (Å²) in [6, 6.07) is 1.30. The minimum atomic E-state index is -10.1. The lowest BCUT2D eigenvalue weighted by molar-refractivity contribution is -0.132. The normalized spacial score (nSPS) is 20.3. The number of benzene rings is 1. The van der Waals surface area contributed by atoms with E-state index in [0.29, 0.717) is 36.5 Å². The van der Waals surface area contributed by atoms with E-state index in [4.69, 9.17) is 21.7 Å². The number of nitrogens with one attached hydrogen (secondary N) is 1. The maximum Gasteiger partial charge on any atom is 0.312 e. The van der Waals surface area contributed by atoms with E-state index in [1.165, 1.54) is 0 Å². The van der Waals surface area contributed by atoms with Gasteiger partial charge in [-0.2, -0.15) is 4.42 Å². The third-order valence-electron chi connectivity index (χ3n) is 4.61. The van der Waals surface area contributed by atoms with Crippen LogP contribution in [0, 0.1) is 5.92 Å². The van der Waals surface area contributed by atoms with Gasteiger partial charge in [-0.15, -0.1) is 0 Å². The summed E-state index contributed by atoms with van der Waals surface area (Å²) in [5.41, 5.74) is -0.868. The lowest BCUT2D eigenvalue weighted by Gasteiger charge is -2.42. The van der Waals surface area contributed by atoms with Crippen molar-refractivity contribution >= 4 is 49.5 Å². The molecule has 2 saturated heterocycles. The number of hydrogen-bond donors (Lipinski definition) is 2. The fraction of sp³-hybridized carbons (Fsp3) is 0.500. The van der Waals surface area contributed by atoms with Crippen molar-refractivity contribution in [3.8, 4) is 0 Å². The van der Waals surface area contributed by atoms with Gasteiger partial charge in [0.2, 0.25) is 21.8 Å². The van der Waals surface area contributed by atoms with Crippen molar-refractivity contribution in [3.05, 3.63) is 18.2 Å². The van der Waals surface area contributed by atoms with Crippen molar-refractivity contribution in [2.45, 2.75) is 35.5 Å². The van der Waals surface area contributed by atoms with Crippen LogP contribution in [0.4, 0.5) is 25.1 Å². The van der Waals surface area contributed by atoms with Gasteiger partial charge in [-0.25, -0.2) is 13.6 Å². The summed E-state index contributed by atoms with van der Waals surface area (Å²) >= 11 is 5.15. The average molecular weight is 530 g/mol. The predicted octanol–water partition coefficient (Wildman–Crippen LogP) is 4.12. The van der Waals surface area contributed by atoms with Crippen molar-refractivity contribution in [3.63, 3.8) is 0 Å². The van der Waals surface area contributed by atoms with Crippen LogP contribution < -0.4 is 10.5 Å². The molecule has 0 aliphatic carbocycles. The summed E-state index contributed by atoms with van der Waals surface area (Å²) in [7, 11) is -14.7. The minimum Gasteiger partial charge on any atom is -0.384 e. The van der Waals surface area contributed by atoms with Gasteiger partial charge in [0.25, 0.3) is 0 Å². The quantitative estimate of drug-likeness (QED) is 0.336. The number of nitrogens with two attached hydrogens (primary N) is 1. The van der Waals surface area contributed by atoms with E-state index in [9.17, 15) is 37.4 Å². The van der Waals surface area contributed by atoms with E-state index >= 15 is 0 Å². The molecule has 2 fully saturated rings.